The summed E-state index contributed by atoms with van der Waals surface area (Å²) in [5, 5.41) is 0. The van der Waals surface area contributed by atoms with E-state index in [-0.39, 0.29) is 24.1 Å². The normalized spacial score (nSPS) is 15.1. The number of benzene rings is 3. The highest BCUT2D eigenvalue weighted by molar-refractivity contribution is 6.14. The average Bonchev–Trinajstić information content (AvgIpc) is 3.33. The zero-order valence-electron chi connectivity index (χ0n) is 16.0. The van der Waals surface area contributed by atoms with Gasteiger partial charge in [-0.1, -0.05) is 29.8 Å². The van der Waals surface area contributed by atoms with Crippen molar-refractivity contribution in [2.45, 2.75) is 6.92 Å². The SMILES string of the molecule is Cc1ccc(/C=C2/Oc3cc(OC(=O)c4ccc5c(c4)OCO5)ccc3C2=O)cc1. The summed E-state index contributed by atoms with van der Waals surface area (Å²) in [4.78, 5) is 25.1. The van der Waals surface area contributed by atoms with Gasteiger partial charge in [0.05, 0.1) is 11.1 Å². The predicted molar refractivity (Wildman–Crippen MR) is 108 cm³/mol. The Labute approximate surface area is 172 Å². The first kappa shape index (κ1) is 18.0. The van der Waals surface area contributed by atoms with Crippen molar-refractivity contribution in [2.75, 3.05) is 6.79 Å². The van der Waals surface area contributed by atoms with Gasteiger partial charge in [0.25, 0.3) is 0 Å². The van der Waals surface area contributed by atoms with Crippen LogP contribution in [0.15, 0.2) is 66.4 Å². The molecule has 2 aliphatic rings. The van der Waals surface area contributed by atoms with Crippen molar-refractivity contribution in [1.29, 1.82) is 0 Å². The van der Waals surface area contributed by atoms with Crippen LogP contribution in [0.25, 0.3) is 6.08 Å². The summed E-state index contributed by atoms with van der Waals surface area (Å²) in [5.41, 5.74) is 2.76. The number of hydrogen-bond donors (Lipinski definition) is 0. The molecule has 30 heavy (non-hydrogen) atoms. The molecule has 0 saturated carbocycles. The number of ketones is 1. The van der Waals surface area contributed by atoms with Crippen LogP contribution in [-0.4, -0.2) is 18.5 Å². The van der Waals surface area contributed by atoms with Gasteiger partial charge in [0.2, 0.25) is 12.6 Å². The van der Waals surface area contributed by atoms with Gasteiger partial charge in [-0.2, -0.15) is 0 Å². The van der Waals surface area contributed by atoms with Gasteiger partial charge in [0.15, 0.2) is 17.3 Å². The van der Waals surface area contributed by atoms with Gasteiger partial charge >= 0.3 is 5.97 Å². The Balaban J connectivity index is 1.35. The van der Waals surface area contributed by atoms with Crippen LogP contribution in [0.2, 0.25) is 0 Å². The lowest BCUT2D eigenvalue weighted by Crippen LogP contribution is -2.08. The first-order valence-corrected chi connectivity index (χ1v) is 9.34. The van der Waals surface area contributed by atoms with E-state index < -0.39 is 5.97 Å². The number of carbonyl (C=O) groups excluding carboxylic acids is 2. The van der Waals surface area contributed by atoms with Crippen molar-refractivity contribution in [1.82, 2.24) is 0 Å². The van der Waals surface area contributed by atoms with Crippen molar-refractivity contribution < 1.29 is 28.5 Å². The fourth-order valence-corrected chi connectivity index (χ4v) is 3.23. The predicted octanol–water partition coefficient (Wildman–Crippen LogP) is 4.56. The Morgan fingerprint density at radius 3 is 2.57 bits per heavy atom. The van der Waals surface area contributed by atoms with Crippen molar-refractivity contribution >= 4 is 17.8 Å². The molecule has 0 spiro atoms. The third kappa shape index (κ3) is 3.28. The second-order valence-corrected chi connectivity index (χ2v) is 6.97. The molecule has 0 aromatic heterocycles. The van der Waals surface area contributed by atoms with E-state index in [1.54, 1.807) is 36.4 Å². The van der Waals surface area contributed by atoms with Crippen LogP contribution < -0.4 is 18.9 Å². The van der Waals surface area contributed by atoms with E-state index in [1.165, 1.54) is 6.07 Å². The third-order valence-electron chi connectivity index (χ3n) is 4.84. The maximum Gasteiger partial charge on any atom is 0.343 e. The van der Waals surface area contributed by atoms with Crippen LogP contribution in [0.1, 0.15) is 31.8 Å². The maximum atomic E-state index is 12.6. The number of fused-ring (bicyclic) bond motifs is 2. The van der Waals surface area contributed by atoms with Crippen molar-refractivity contribution in [3.05, 3.63) is 88.7 Å². The summed E-state index contributed by atoms with van der Waals surface area (Å²) in [7, 11) is 0. The van der Waals surface area contributed by atoms with E-state index in [0.717, 1.165) is 11.1 Å². The molecule has 3 aromatic carbocycles. The molecule has 6 nitrogen and oxygen atoms in total. The molecule has 0 atom stereocenters. The molecule has 0 amide bonds. The average molecular weight is 400 g/mol. The number of Topliss-reactive ketones (excluding diaryl/α,β-unsaturated/α-hetero) is 1. The molecule has 5 rings (SSSR count). The largest absolute Gasteiger partial charge is 0.454 e. The second kappa shape index (κ2) is 7.08. The first-order valence-electron chi connectivity index (χ1n) is 9.34. The number of aryl methyl sites for hydroxylation is 1. The van der Waals surface area contributed by atoms with Crippen molar-refractivity contribution in [3.63, 3.8) is 0 Å². The lowest BCUT2D eigenvalue weighted by molar-refractivity contribution is 0.0734. The molecule has 0 fully saturated rings. The number of hydrogen-bond acceptors (Lipinski definition) is 6. The van der Waals surface area contributed by atoms with E-state index in [1.807, 2.05) is 31.2 Å². The molecule has 2 heterocycles. The lowest BCUT2D eigenvalue weighted by atomic mass is 10.1. The molecule has 0 aliphatic carbocycles. The summed E-state index contributed by atoms with van der Waals surface area (Å²) in [6.07, 6.45) is 1.69. The quantitative estimate of drug-likeness (QED) is 0.365. The third-order valence-corrected chi connectivity index (χ3v) is 4.84. The molecule has 6 heteroatoms. The zero-order valence-corrected chi connectivity index (χ0v) is 16.0. The van der Waals surface area contributed by atoms with Gasteiger partial charge in [-0.15, -0.1) is 0 Å². The Bertz CT molecular complexity index is 1210. The fraction of sp³-hybridized carbons (Fsp3) is 0.0833. The van der Waals surface area contributed by atoms with Gasteiger partial charge in [-0.25, -0.2) is 4.79 Å². The van der Waals surface area contributed by atoms with Crippen LogP contribution in [0.4, 0.5) is 0 Å². The molecular weight excluding hydrogens is 384 g/mol. The molecule has 148 valence electrons. The van der Waals surface area contributed by atoms with E-state index in [0.29, 0.717) is 28.4 Å². The van der Waals surface area contributed by atoms with E-state index >= 15 is 0 Å². The second-order valence-electron chi connectivity index (χ2n) is 6.97. The van der Waals surface area contributed by atoms with E-state index in [9.17, 15) is 9.59 Å². The molecule has 0 N–H and O–H groups in total. The Hall–Kier alpha value is -4.06. The van der Waals surface area contributed by atoms with Gasteiger partial charge in [-0.05, 0) is 48.9 Å². The minimum atomic E-state index is -0.548. The monoisotopic (exact) mass is 400 g/mol. The zero-order chi connectivity index (χ0) is 20.7. The molecule has 3 aromatic rings. The summed E-state index contributed by atoms with van der Waals surface area (Å²) in [6, 6.07) is 17.3. The Kier molecular flexibility index (Phi) is 4.25. The highest BCUT2D eigenvalue weighted by Gasteiger charge is 2.28. The Morgan fingerprint density at radius 2 is 1.73 bits per heavy atom. The topological polar surface area (TPSA) is 71.1 Å². The van der Waals surface area contributed by atoms with Crippen LogP contribution in [0.3, 0.4) is 0 Å². The lowest BCUT2D eigenvalue weighted by Gasteiger charge is -2.06. The summed E-state index contributed by atoms with van der Waals surface area (Å²) in [6.45, 7) is 2.12. The number of allylic oxidation sites excluding steroid dienone is 1. The highest BCUT2D eigenvalue weighted by atomic mass is 16.7. The molecule has 2 aliphatic heterocycles. The van der Waals surface area contributed by atoms with Crippen LogP contribution >= 0.6 is 0 Å². The van der Waals surface area contributed by atoms with Gasteiger partial charge in [0.1, 0.15) is 11.5 Å². The smallest absolute Gasteiger partial charge is 0.343 e. The van der Waals surface area contributed by atoms with E-state index in [2.05, 4.69) is 0 Å². The molecule has 0 radical (unpaired) electrons. The number of esters is 1. The Morgan fingerprint density at radius 1 is 0.933 bits per heavy atom. The number of rotatable bonds is 3. The van der Waals surface area contributed by atoms with Gasteiger partial charge in [0, 0.05) is 6.07 Å². The molecule has 0 bridgehead atoms. The number of ether oxygens (including phenoxy) is 4. The van der Waals surface area contributed by atoms with Crippen LogP contribution in [-0.2, 0) is 0 Å². The van der Waals surface area contributed by atoms with Crippen LogP contribution in [0, 0.1) is 6.92 Å². The molecule has 0 unspecified atom stereocenters. The van der Waals surface area contributed by atoms with Gasteiger partial charge in [-0.3, -0.25) is 4.79 Å². The molecular formula is C24H16O6. The van der Waals surface area contributed by atoms with Crippen molar-refractivity contribution in [3.8, 4) is 23.0 Å². The van der Waals surface area contributed by atoms with Gasteiger partial charge < -0.3 is 18.9 Å². The van der Waals surface area contributed by atoms with Crippen LogP contribution in [0.5, 0.6) is 23.0 Å². The van der Waals surface area contributed by atoms with E-state index in [4.69, 9.17) is 18.9 Å². The maximum absolute atomic E-state index is 12.6. The minimum absolute atomic E-state index is 0.127. The summed E-state index contributed by atoms with van der Waals surface area (Å²) < 4.78 is 21.7. The summed E-state index contributed by atoms with van der Waals surface area (Å²) >= 11 is 0. The number of carbonyl (C=O) groups is 2. The first-order chi connectivity index (χ1) is 14.6. The molecule has 0 saturated heterocycles. The summed E-state index contributed by atoms with van der Waals surface area (Å²) in [5.74, 6) is 1.19. The minimum Gasteiger partial charge on any atom is -0.454 e. The fourth-order valence-electron chi connectivity index (χ4n) is 3.23. The standard InChI is InChI=1S/C24H16O6/c1-14-2-4-15(5-3-14)10-22-23(25)18-8-7-17(12-20(18)30-22)29-24(26)16-6-9-19-21(11-16)28-13-27-19/h2-12H,13H2,1H3/b22-10+. The van der Waals surface area contributed by atoms with Crippen molar-refractivity contribution in [2.24, 2.45) is 0 Å². The highest BCUT2D eigenvalue weighted by Crippen LogP contribution is 2.36.